The quantitative estimate of drug-likeness (QED) is 0.360. The summed E-state index contributed by atoms with van der Waals surface area (Å²) in [5.74, 6) is 0.187. The molecule has 9 atom stereocenters. The van der Waals surface area contributed by atoms with E-state index in [1.54, 1.807) is 0 Å². The smallest absolute Gasteiger partial charge is 0.334 e. The molecule has 0 aliphatic carbocycles. The number of carbonyl (C=O) groups excluding carboxylic acids is 1. The number of esters is 1. The van der Waals surface area contributed by atoms with Crippen molar-refractivity contribution in [3.63, 3.8) is 0 Å². The van der Waals surface area contributed by atoms with Gasteiger partial charge in [0.1, 0.15) is 48.1 Å². The van der Waals surface area contributed by atoms with Crippen LogP contribution in [0.15, 0.2) is 46.4 Å². The molecule has 0 amide bonds. The molecule has 0 radical (unpaired) electrons. The summed E-state index contributed by atoms with van der Waals surface area (Å²) in [6, 6.07) is 1.89. The number of ether oxygens (including phenoxy) is 3. The zero-order valence-corrected chi connectivity index (χ0v) is 20.2. The Morgan fingerprint density at radius 2 is 1.83 bits per heavy atom. The molecular formula is C26H34O9. The average molecular weight is 491 g/mol. The molecule has 0 aromatic carbocycles. The van der Waals surface area contributed by atoms with Gasteiger partial charge in [0.05, 0.1) is 12.5 Å². The van der Waals surface area contributed by atoms with Crippen LogP contribution < -0.4 is 0 Å². The van der Waals surface area contributed by atoms with Crippen LogP contribution in [-0.4, -0.2) is 69.8 Å². The molecule has 3 aliphatic rings. The third kappa shape index (κ3) is 4.89. The Kier molecular flexibility index (Phi) is 7.38. The summed E-state index contributed by atoms with van der Waals surface area (Å²) < 4.78 is 23.5. The summed E-state index contributed by atoms with van der Waals surface area (Å²) in [6.07, 6.45) is -5.74. The minimum Gasteiger partial charge on any atom is -0.462 e. The van der Waals surface area contributed by atoms with Crippen LogP contribution in [0.25, 0.3) is 0 Å². The van der Waals surface area contributed by atoms with Gasteiger partial charge in [-0.25, -0.2) is 4.79 Å². The summed E-state index contributed by atoms with van der Waals surface area (Å²) in [6.45, 7) is 13.7. The first-order chi connectivity index (χ1) is 16.5. The molecule has 1 aromatic heterocycles. The fourth-order valence-corrected chi connectivity index (χ4v) is 5.10. The van der Waals surface area contributed by atoms with Crippen LogP contribution >= 0.6 is 0 Å². The summed E-state index contributed by atoms with van der Waals surface area (Å²) in [4.78, 5) is 12.6. The number of rotatable bonds is 5. The third-order valence-corrected chi connectivity index (χ3v) is 7.12. The predicted octanol–water partition coefficient (Wildman–Crippen LogP) is 1.94. The Balaban J connectivity index is 1.69. The molecular weight excluding hydrogens is 456 g/mol. The second-order valence-corrected chi connectivity index (χ2v) is 9.86. The first kappa shape index (κ1) is 25.8. The van der Waals surface area contributed by atoms with Crippen LogP contribution in [0.1, 0.15) is 55.8 Å². The summed E-state index contributed by atoms with van der Waals surface area (Å²) in [5.41, 5.74) is 3.01. The summed E-state index contributed by atoms with van der Waals surface area (Å²) in [7, 11) is 0. The van der Waals surface area contributed by atoms with Gasteiger partial charge in [-0.05, 0) is 51.3 Å². The van der Waals surface area contributed by atoms with Gasteiger partial charge in [-0.1, -0.05) is 24.3 Å². The Bertz CT molecular complexity index is 1020. The standard InChI is InChI=1S/C26H34O9/c1-11(2)15-7-6-14-9-17(34-25(14)30)19(12(3)4)16-8-13(5)23(33-16)24(15)32-10-18-20(27)21(28)22(29)26(31)35-18/h8-9,15,17-22,24,26-29,31H,1,3,6-7,10H2,2,4-5H3/t15-,17+,18+,19-,20+,21-,22+,24-,26+/m0/s1. The van der Waals surface area contributed by atoms with E-state index in [1.165, 1.54) is 0 Å². The Labute approximate surface area is 204 Å². The van der Waals surface area contributed by atoms with Gasteiger partial charge >= 0.3 is 5.97 Å². The molecule has 192 valence electrons. The van der Waals surface area contributed by atoms with Crippen LogP contribution in [0.5, 0.6) is 0 Å². The number of hydrogen-bond donors (Lipinski definition) is 4. The normalized spacial score (nSPS) is 37.3. The van der Waals surface area contributed by atoms with Gasteiger partial charge in [-0.15, -0.1) is 0 Å². The van der Waals surface area contributed by atoms with Crippen molar-refractivity contribution in [2.24, 2.45) is 5.92 Å². The summed E-state index contributed by atoms with van der Waals surface area (Å²) >= 11 is 0. The molecule has 4 rings (SSSR count). The van der Waals surface area contributed by atoms with Gasteiger partial charge < -0.3 is 39.1 Å². The number of hydrogen-bond acceptors (Lipinski definition) is 9. The van der Waals surface area contributed by atoms with Crippen molar-refractivity contribution in [3.05, 3.63) is 59.1 Å². The molecule has 0 spiro atoms. The number of furan rings is 1. The van der Waals surface area contributed by atoms with Gasteiger partial charge in [-0.3, -0.25) is 0 Å². The van der Waals surface area contributed by atoms with Crippen molar-refractivity contribution in [2.45, 2.75) is 82.4 Å². The minimum absolute atomic E-state index is 0.191. The van der Waals surface area contributed by atoms with Gasteiger partial charge in [0.2, 0.25) is 0 Å². The molecule has 9 nitrogen and oxygen atoms in total. The van der Waals surface area contributed by atoms with Crippen LogP contribution in [0.3, 0.4) is 0 Å². The zero-order valence-electron chi connectivity index (χ0n) is 20.2. The first-order valence-corrected chi connectivity index (χ1v) is 11.8. The Hall–Kier alpha value is -2.27. The minimum atomic E-state index is -1.66. The molecule has 0 saturated carbocycles. The highest BCUT2D eigenvalue weighted by Gasteiger charge is 2.44. The zero-order chi connectivity index (χ0) is 25.6. The van der Waals surface area contributed by atoms with E-state index in [0.29, 0.717) is 29.9 Å². The van der Waals surface area contributed by atoms with Gasteiger partial charge in [0.15, 0.2) is 6.29 Å². The number of carbonyl (C=O) groups is 1. The summed E-state index contributed by atoms with van der Waals surface area (Å²) in [5, 5.41) is 40.1. The van der Waals surface area contributed by atoms with Gasteiger partial charge in [0, 0.05) is 11.5 Å². The van der Waals surface area contributed by atoms with Crippen LogP contribution in [-0.2, 0) is 19.0 Å². The largest absolute Gasteiger partial charge is 0.462 e. The van der Waals surface area contributed by atoms with Gasteiger partial charge in [-0.2, -0.15) is 0 Å². The van der Waals surface area contributed by atoms with Crippen molar-refractivity contribution >= 4 is 5.97 Å². The third-order valence-electron chi connectivity index (χ3n) is 7.12. The fourth-order valence-electron chi connectivity index (χ4n) is 5.10. The molecule has 4 bridgehead atoms. The van der Waals surface area contributed by atoms with Crippen LogP contribution in [0.4, 0.5) is 0 Å². The van der Waals surface area contributed by atoms with E-state index in [1.807, 2.05) is 32.9 Å². The molecule has 1 fully saturated rings. The first-order valence-electron chi connectivity index (χ1n) is 11.8. The van der Waals surface area contributed by atoms with Crippen molar-refractivity contribution in [2.75, 3.05) is 6.61 Å². The highest BCUT2D eigenvalue weighted by molar-refractivity contribution is 5.91. The topological polar surface area (TPSA) is 139 Å². The number of fused-ring (bicyclic) bond motifs is 3. The lowest BCUT2D eigenvalue weighted by Crippen LogP contribution is -2.58. The second kappa shape index (κ2) is 10.0. The average Bonchev–Trinajstić information content (AvgIpc) is 3.32. The lowest BCUT2D eigenvalue weighted by atomic mass is 9.86. The van der Waals surface area contributed by atoms with Crippen LogP contribution in [0, 0.1) is 12.8 Å². The molecule has 3 aliphatic heterocycles. The number of aliphatic hydroxyl groups excluding tert-OH is 4. The van der Waals surface area contributed by atoms with Crippen molar-refractivity contribution in [3.8, 4) is 0 Å². The van der Waals surface area contributed by atoms with E-state index in [4.69, 9.17) is 18.6 Å². The van der Waals surface area contributed by atoms with Crippen molar-refractivity contribution in [1.82, 2.24) is 0 Å². The number of aliphatic hydroxyl groups is 4. The number of aryl methyl sites for hydroxylation is 1. The van der Waals surface area contributed by atoms with E-state index < -0.39 is 42.9 Å². The Morgan fingerprint density at radius 1 is 1.11 bits per heavy atom. The molecule has 4 heterocycles. The lowest BCUT2D eigenvalue weighted by Gasteiger charge is -2.39. The van der Waals surface area contributed by atoms with Crippen LogP contribution in [0.2, 0.25) is 0 Å². The van der Waals surface area contributed by atoms with E-state index in [9.17, 15) is 25.2 Å². The van der Waals surface area contributed by atoms with Crippen molar-refractivity contribution < 1.29 is 43.8 Å². The Morgan fingerprint density at radius 3 is 2.49 bits per heavy atom. The fraction of sp³-hybridized carbons (Fsp3) is 0.577. The molecule has 4 N–H and O–H groups in total. The molecule has 1 saturated heterocycles. The highest BCUT2D eigenvalue weighted by Crippen LogP contribution is 2.43. The second-order valence-electron chi connectivity index (χ2n) is 9.86. The lowest BCUT2D eigenvalue weighted by molar-refractivity contribution is -0.291. The van der Waals surface area contributed by atoms with E-state index >= 15 is 0 Å². The SMILES string of the molecule is C=C(C)[C@@H]1CCC2=C[C@@H](OC2=O)[C@@H](C(=C)C)c2cc(C)c(o2)[C@H]1OC[C@H]1O[C@@H](O)[C@H](O)[C@@H](O)[C@@H]1O. The molecule has 9 heteroatoms. The maximum Gasteiger partial charge on any atom is 0.334 e. The van der Waals surface area contributed by atoms with E-state index in [0.717, 1.165) is 16.7 Å². The van der Waals surface area contributed by atoms with Gasteiger partial charge in [0.25, 0.3) is 0 Å². The van der Waals surface area contributed by atoms with E-state index in [-0.39, 0.29) is 24.4 Å². The maximum absolute atomic E-state index is 12.6. The molecule has 35 heavy (non-hydrogen) atoms. The molecule has 1 aromatic rings. The van der Waals surface area contributed by atoms with Crippen molar-refractivity contribution in [1.29, 1.82) is 0 Å². The maximum atomic E-state index is 12.6. The van der Waals surface area contributed by atoms with E-state index in [2.05, 4.69) is 13.2 Å². The highest BCUT2D eigenvalue weighted by atomic mass is 16.6. The molecule has 0 unspecified atom stereocenters. The predicted molar refractivity (Wildman–Crippen MR) is 124 cm³/mol. The monoisotopic (exact) mass is 490 g/mol.